The van der Waals surface area contributed by atoms with Crippen LogP contribution in [-0.4, -0.2) is 62.1 Å². The van der Waals surface area contributed by atoms with Gasteiger partial charge in [0, 0.05) is 23.9 Å². The van der Waals surface area contributed by atoms with Crippen LogP contribution in [0.1, 0.15) is 85.8 Å². The van der Waals surface area contributed by atoms with Crippen LogP contribution in [0.3, 0.4) is 0 Å². The first-order valence-electron chi connectivity index (χ1n) is 15.8. The van der Waals surface area contributed by atoms with Crippen LogP contribution in [0.5, 0.6) is 0 Å². The Balaban J connectivity index is 1.09. The van der Waals surface area contributed by atoms with E-state index in [0.29, 0.717) is 49.6 Å². The summed E-state index contributed by atoms with van der Waals surface area (Å²) in [5, 5.41) is 10.2. The first kappa shape index (κ1) is 29.7. The van der Waals surface area contributed by atoms with E-state index >= 15 is 0 Å². The molecule has 0 aromatic carbocycles. The minimum absolute atomic E-state index is 0.103. The number of alkyl carbamates (subject to hydrolysis) is 1. The van der Waals surface area contributed by atoms with E-state index in [4.69, 9.17) is 4.74 Å². The van der Waals surface area contributed by atoms with Crippen molar-refractivity contribution in [1.82, 2.24) is 30.1 Å². The molecular weight excluding hydrogens is 594 g/mol. The van der Waals surface area contributed by atoms with Crippen molar-refractivity contribution < 1.29 is 19.1 Å². The fourth-order valence-corrected chi connectivity index (χ4v) is 8.63. The van der Waals surface area contributed by atoms with Gasteiger partial charge in [-0.3, -0.25) is 19.0 Å². The summed E-state index contributed by atoms with van der Waals surface area (Å²) in [5.74, 6) is 0.337. The molecule has 13 heteroatoms. The molecule has 1 atom stereocenters. The van der Waals surface area contributed by atoms with Gasteiger partial charge in [-0.15, -0.1) is 11.3 Å². The molecule has 238 valence electrons. The minimum atomic E-state index is -0.670. The highest BCUT2D eigenvalue weighted by Gasteiger charge is 2.45. The first-order chi connectivity index (χ1) is 21.4. The van der Waals surface area contributed by atoms with Crippen LogP contribution in [-0.2, 0) is 28.0 Å². The van der Waals surface area contributed by atoms with Gasteiger partial charge in [0.25, 0.3) is 11.5 Å². The largest absolute Gasteiger partial charge is 0.444 e. The summed E-state index contributed by atoms with van der Waals surface area (Å²) in [6, 6.07) is 1.64. The van der Waals surface area contributed by atoms with Crippen LogP contribution in [0.2, 0.25) is 0 Å². The van der Waals surface area contributed by atoms with Crippen molar-refractivity contribution >= 4 is 51.0 Å². The number of carbonyl (C=O) groups excluding carboxylic acids is 3. The van der Waals surface area contributed by atoms with E-state index in [-0.39, 0.29) is 29.3 Å². The van der Waals surface area contributed by atoms with Crippen molar-refractivity contribution in [2.24, 2.45) is 5.92 Å². The van der Waals surface area contributed by atoms with Crippen molar-refractivity contribution in [3.05, 3.63) is 44.4 Å². The van der Waals surface area contributed by atoms with Gasteiger partial charge >= 0.3 is 6.09 Å². The zero-order chi connectivity index (χ0) is 31.7. The van der Waals surface area contributed by atoms with Crippen LogP contribution >= 0.6 is 11.3 Å². The predicted molar refractivity (Wildman–Crippen MR) is 170 cm³/mol. The lowest BCUT2D eigenvalue weighted by Gasteiger charge is -2.41. The van der Waals surface area contributed by atoms with Crippen molar-refractivity contribution in [3.63, 3.8) is 0 Å². The van der Waals surface area contributed by atoms with E-state index in [2.05, 4.69) is 25.9 Å². The Kier molecular flexibility index (Phi) is 7.14. The second kappa shape index (κ2) is 10.8. The minimum Gasteiger partial charge on any atom is -0.444 e. The van der Waals surface area contributed by atoms with E-state index in [9.17, 15) is 19.2 Å². The number of aryl methyl sites for hydroxylation is 2. The molecule has 3 aromatic heterocycles. The highest BCUT2D eigenvalue weighted by molar-refractivity contribution is 7.19. The van der Waals surface area contributed by atoms with Gasteiger partial charge in [0.2, 0.25) is 5.91 Å². The summed E-state index contributed by atoms with van der Waals surface area (Å²) in [6.45, 7) is 8.28. The van der Waals surface area contributed by atoms with Crippen LogP contribution < -0.4 is 21.5 Å². The quantitative estimate of drug-likeness (QED) is 0.389. The molecule has 0 radical (unpaired) electrons. The average molecular weight is 634 g/mol. The number of thiophene rings is 1. The van der Waals surface area contributed by atoms with E-state index in [0.717, 1.165) is 58.3 Å². The van der Waals surface area contributed by atoms with Gasteiger partial charge in [0.1, 0.15) is 39.6 Å². The molecule has 3 amide bonds. The molecule has 1 saturated carbocycles. The maximum Gasteiger partial charge on any atom is 0.407 e. The summed E-state index contributed by atoms with van der Waals surface area (Å²) >= 11 is 1.57. The summed E-state index contributed by atoms with van der Waals surface area (Å²) in [7, 11) is 0. The van der Waals surface area contributed by atoms with Gasteiger partial charge in [-0.05, 0) is 89.8 Å². The fourth-order valence-electron chi connectivity index (χ4n) is 7.36. The van der Waals surface area contributed by atoms with Crippen LogP contribution in [0.4, 0.5) is 16.3 Å². The van der Waals surface area contributed by atoms with Gasteiger partial charge in [-0.2, -0.15) is 0 Å². The summed E-state index contributed by atoms with van der Waals surface area (Å²) in [4.78, 5) is 65.2. The van der Waals surface area contributed by atoms with Crippen molar-refractivity contribution in [2.75, 3.05) is 18.4 Å². The molecular formula is C32H39N7O5S. The molecule has 2 aliphatic carbocycles. The van der Waals surface area contributed by atoms with Gasteiger partial charge in [0.15, 0.2) is 0 Å². The third-order valence-electron chi connectivity index (χ3n) is 9.42. The molecule has 5 heterocycles. The number of carbonyl (C=O) groups is 3. The van der Waals surface area contributed by atoms with Crippen LogP contribution in [0.15, 0.2) is 17.2 Å². The molecule has 4 aliphatic rings. The lowest BCUT2D eigenvalue weighted by Crippen LogP contribution is -2.62. The summed E-state index contributed by atoms with van der Waals surface area (Å²) in [6.07, 6.45) is 7.54. The predicted octanol–water partition coefficient (Wildman–Crippen LogP) is 4.11. The Morgan fingerprint density at radius 2 is 1.89 bits per heavy atom. The Hall–Kier alpha value is -4.00. The lowest BCUT2D eigenvalue weighted by molar-refractivity contribution is -0.140. The van der Waals surface area contributed by atoms with Gasteiger partial charge in [0.05, 0.1) is 11.4 Å². The number of hydrogen-bond acceptors (Lipinski definition) is 9. The molecule has 3 aromatic rings. The number of likely N-dealkylation sites (tertiary alicyclic amines) is 1. The molecule has 3 N–H and O–H groups in total. The van der Waals surface area contributed by atoms with Crippen molar-refractivity contribution in [1.29, 1.82) is 0 Å². The standard InChI is InChI=1S/C32H39N7O5S/c1-17-12-21(29(42)39-24(17)26(40)37-32(39)10-6-5-7-11-32)36-25-23-20-9-8-18(13-22(20)45-27(23)34-16-33-25)28(41)38-14-19(15-38)35-30(43)44-31(2,3)4/h12,16,18-19H,5-11,13-15H2,1-4H3,(H,35,43)(H,37,40)(H,33,34,36)/t18-/m0/s1. The molecule has 45 heavy (non-hydrogen) atoms. The number of aromatic nitrogens is 3. The monoisotopic (exact) mass is 633 g/mol. The average Bonchev–Trinajstić information content (AvgIpc) is 3.47. The van der Waals surface area contributed by atoms with Crippen molar-refractivity contribution in [3.8, 4) is 0 Å². The number of fused-ring (bicyclic) bond motifs is 5. The van der Waals surface area contributed by atoms with E-state index in [1.54, 1.807) is 26.9 Å². The second-order valence-electron chi connectivity index (χ2n) is 13.8. The maximum atomic E-state index is 14.0. The zero-order valence-corrected chi connectivity index (χ0v) is 26.9. The maximum absolute atomic E-state index is 14.0. The first-order valence-corrected chi connectivity index (χ1v) is 16.6. The molecule has 12 nitrogen and oxygen atoms in total. The van der Waals surface area contributed by atoms with Crippen molar-refractivity contribution in [2.45, 2.75) is 96.4 Å². The molecule has 1 spiro atoms. The Labute approximate surface area is 264 Å². The topological polar surface area (TPSA) is 148 Å². The number of rotatable bonds is 4. The molecule has 0 unspecified atom stereocenters. The third kappa shape index (κ3) is 5.24. The molecule has 7 rings (SSSR count). The fraction of sp³-hybridized carbons (Fsp3) is 0.562. The summed E-state index contributed by atoms with van der Waals surface area (Å²) in [5.41, 5.74) is 1.22. The van der Waals surface area contributed by atoms with E-state index in [1.165, 1.54) is 6.33 Å². The molecule has 0 bridgehead atoms. The van der Waals surface area contributed by atoms with Crippen LogP contribution in [0, 0.1) is 12.8 Å². The second-order valence-corrected chi connectivity index (χ2v) is 14.9. The number of pyridine rings is 1. The van der Waals surface area contributed by atoms with Gasteiger partial charge in [-0.1, -0.05) is 6.42 Å². The Morgan fingerprint density at radius 3 is 2.62 bits per heavy atom. The zero-order valence-electron chi connectivity index (χ0n) is 26.1. The Morgan fingerprint density at radius 1 is 1.13 bits per heavy atom. The highest BCUT2D eigenvalue weighted by Crippen LogP contribution is 2.42. The third-order valence-corrected chi connectivity index (χ3v) is 10.6. The SMILES string of the molecule is Cc1cc(Nc2ncnc3sc4c(c23)CC[C@H](C(=O)N2CC(NC(=O)OC(C)(C)C)C2)C4)c(=O)n2c1C(=O)NC21CCCCC1. The number of anilines is 2. The van der Waals surface area contributed by atoms with Crippen LogP contribution in [0.25, 0.3) is 10.2 Å². The number of nitrogens with one attached hydrogen (secondary N) is 3. The molecule has 1 saturated heterocycles. The van der Waals surface area contributed by atoms with Gasteiger partial charge < -0.3 is 25.6 Å². The Bertz CT molecular complexity index is 1780. The lowest BCUT2D eigenvalue weighted by atomic mass is 9.86. The number of ether oxygens (including phenoxy) is 1. The molecule has 2 fully saturated rings. The molecule has 2 aliphatic heterocycles. The van der Waals surface area contributed by atoms with E-state index < -0.39 is 17.4 Å². The smallest absolute Gasteiger partial charge is 0.407 e. The normalized spacial score (nSPS) is 20.8. The number of nitrogens with zero attached hydrogens (tertiary/aromatic N) is 4. The van der Waals surface area contributed by atoms with Gasteiger partial charge in [-0.25, -0.2) is 14.8 Å². The van der Waals surface area contributed by atoms with E-state index in [1.807, 2.05) is 27.7 Å². The number of hydrogen-bond donors (Lipinski definition) is 3. The highest BCUT2D eigenvalue weighted by atomic mass is 32.1. The number of amides is 3. The summed E-state index contributed by atoms with van der Waals surface area (Å²) < 4.78 is 7.02.